The van der Waals surface area contributed by atoms with Crippen molar-refractivity contribution in [2.24, 2.45) is 11.5 Å². The smallest absolute Gasteiger partial charge is 0.162 e. The summed E-state index contributed by atoms with van der Waals surface area (Å²) in [6.07, 6.45) is 7.75. The van der Waals surface area contributed by atoms with Gasteiger partial charge >= 0.3 is 0 Å². The van der Waals surface area contributed by atoms with Crippen LogP contribution < -0.4 is 16.2 Å². The van der Waals surface area contributed by atoms with Crippen LogP contribution >= 0.6 is 0 Å². The van der Waals surface area contributed by atoms with Crippen LogP contribution in [0.3, 0.4) is 0 Å². The standard InChI is InChI=1S/C12H14N2O2.C3H8/c13-12(14)8-4-3-7-11(12)16-10-6-2-1-5-9(10)15;1-3-2/h1-8,11,15H,13-14H2;3H2,1-2H3. The van der Waals surface area contributed by atoms with Gasteiger partial charge in [0, 0.05) is 0 Å². The Balaban J connectivity index is 0.000000550. The number of benzene rings is 1. The lowest BCUT2D eigenvalue weighted by molar-refractivity contribution is 0.174. The number of allylic oxidation sites excluding steroid dienone is 2. The number of hydrogen-bond donors (Lipinski definition) is 3. The summed E-state index contributed by atoms with van der Waals surface area (Å²) in [5.74, 6) is 0.439. The third-order valence-electron chi connectivity index (χ3n) is 2.39. The van der Waals surface area contributed by atoms with Gasteiger partial charge in [0.25, 0.3) is 0 Å². The molecule has 1 aromatic rings. The molecule has 0 heterocycles. The summed E-state index contributed by atoms with van der Waals surface area (Å²) in [6.45, 7) is 4.25. The Kier molecular flexibility index (Phi) is 5.60. The fourth-order valence-corrected chi connectivity index (χ4v) is 1.48. The summed E-state index contributed by atoms with van der Waals surface area (Å²) in [6, 6.07) is 6.70. The van der Waals surface area contributed by atoms with Gasteiger partial charge < -0.3 is 21.3 Å². The Morgan fingerprint density at radius 1 is 1.21 bits per heavy atom. The van der Waals surface area contributed by atoms with E-state index in [1.165, 1.54) is 6.42 Å². The van der Waals surface area contributed by atoms with E-state index in [1.54, 1.807) is 42.5 Å². The van der Waals surface area contributed by atoms with Gasteiger partial charge in [0.1, 0.15) is 5.66 Å². The highest BCUT2D eigenvalue weighted by atomic mass is 16.5. The number of hydrogen-bond acceptors (Lipinski definition) is 4. The molecule has 0 radical (unpaired) electrons. The molecule has 0 saturated carbocycles. The molecule has 0 saturated heterocycles. The molecule has 0 bridgehead atoms. The quantitative estimate of drug-likeness (QED) is 0.714. The molecule has 1 aliphatic rings. The van der Waals surface area contributed by atoms with E-state index in [4.69, 9.17) is 16.2 Å². The van der Waals surface area contributed by atoms with E-state index >= 15 is 0 Å². The number of ether oxygens (including phenoxy) is 1. The van der Waals surface area contributed by atoms with E-state index in [1.807, 2.05) is 6.08 Å². The summed E-state index contributed by atoms with van der Waals surface area (Å²) < 4.78 is 5.56. The molecule has 1 aromatic carbocycles. The average molecular weight is 262 g/mol. The van der Waals surface area contributed by atoms with Crippen molar-refractivity contribution in [3.8, 4) is 11.5 Å². The fourth-order valence-electron chi connectivity index (χ4n) is 1.48. The van der Waals surface area contributed by atoms with Crippen LogP contribution in [-0.4, -0.2) is 16.9 Å². The maximum Gasteiger partial charge on any atom is 0.162 e. The van der Waals surface area contributed by atoms with Crippen molar-refractivity contribution in [1.82, 2.24) is 0 Å². The minimum atomic E-state index is -1.06. The second-order valence-corrected chi connectivity index (χ2v) is 4.46. The molecule has 0 spiro atoms. The molecule has 0 fully saturated rings. The molecule has 4 heteroatoms. The molecule has 1 unspecified atom stereocenters. The Morgan fingerprint density at radius 2 is 1.84 bits per heavy atom. The van der Waals surface area contributed by atoms with Crippen molar-refractivity contribution in [3.05, 3.63) is 48.6 Å². The van der Waals surface area contributed by atoms with Crippen molar-refractivity contribution in [1.29, 1.82) is 0 Å². The largest absolute Gasteiger partial charge is 0.504 e. The van der Waals surface area contributed by atoms with Crippen LogP contribution in [0.15, 0.2) is 48.6 Å². The molecule has 0 aliphatic heterocycles. The third-order valence-corrected chi connectivity index (χ3v) is 2.39. The van der Waals surface area contributed by atoms with Gasteiger partial charge in [-0.1, -0.05) is 44.6 Å². The van der Waals surface area contributed by atoms with Gasteiger partial charge in [0.2, 0.25) is 0 Å². The Hall–Kier alpha value is -1.78. The first kappa shape index (κ1) is 15.3. The molecular formula is C15H22N2O2. The van der Waals surface area contributed by atoms with Crippen molar-refractivity contribution in [2.45, 2.75) is 32.0 Å². The van der Waals surface area contributed by atoms with Crippen molar-refractivity contribution in [3.63, 3.8) is 0 Å². The van der Waals surface area contributed by atoms with Gasteiger partial charge in [-0.3, -0.25) is 0 Å². The highest BCUT2D eigenvalue weighted by molar-refractivity contribution is 5.39. The number of nitrogens with two attached hydrogens (primary N) is 2. The molecule has 104 valence electrons. The molecule has 5 N–H and O–H groups in total. The fraction of sp³-hybridized carbons (Fsp3) is 0.333. The Bertz CT molecular complexity index is 453. The van der Waals surface area contributed by atoms with Gasteiger partial charge in [-0.2, -0.15) is 0 Å². The minimum absolute atomic E-state index is 0.0706. The van der Waals surface area contributed by atoms with Gasteiger partial charge in [-0.25, -0.2) is 0 Å². The maximum atomic E-state index is 9.56. The van der Waals surface area contributed by atoms with Crippen LogP contribution in [0.25, 0.3) is 0 Å². The van der Waals surface area contributed by atoms with Gasteiger partial charge in [-0.15, -0.1) is 0 Å². The van der Waals surface area contributed by atoms with Crippen LogP contribution in [0.1, 0.15) is 20.3 Å². The van der Waals surface area contributed by atoms with Crippen LogP contribution in [0.5, 0.6) is 11.5 Å². The van der Waals surface area contributed by atoms with Crippen LogP contribution in [0, 0.1) is 0 Å². The minimum Gasteiger partial charge on any atom is -0.504 e. The Morgan fingerprint density at radius 3 is 2.42 bits per heavy atom. The van der Waals surface area contributed by atoms with E-state index in [9.17, 15) is 5.11 Å². The van der Waals surface area contributed by atoms with E-state index in [0.717, 1.165) is 0 Å². The molecule has 2 rings (SSSR count). The zero-order chi connectivity index (χ0) is 14.3. The summed E-state index contributed by atoms with van der Waals surface area (Å²) >= 11 is 0. The highest BCUT2D eigenvalue weighted by Gasteiger charge is 2.30. The number of aromatic hydroxyl groups is 1. The lowest BCUT2D eigenvalue weighted by Crippen LogP contribution is -2.59. The van der Waals surface area contributed by atoms with Gasteiger partial charge in [0.15, 0.2) is 17.6 Å². The topological polar surface area (TPSA) is 81.5 Å². The second kappa shape index (κ2) is 6.97. The maximum absolute atomic E-state index is 9.56. The molecule has 4 nitrogen and oxygen atoms in total. The predicted molar refractivity (Wildman–Crippen MR) is 77.9 cm³/mol. The zero-order valence-electron chi connectivity index (χ0n) is 11.4. The van der Waals surface area contributed by atoms with Crippen molar-refractivity contribution in [2.75, 3.05) is 0 Å². The zero-order valence-corrected chi connectivity index (χ0v) is 11.4. The molecule has 19 heavy (non-hydrogen) atoms. The first-order valence-electron chi connectivity index (χ1n) is 6.39. The van der Waals surface area contributed by atoms with Crippen LogP contribution in [-0.2, 0) is 0 Å². The molecule has 1 aliphatic carbocycles. The monoisotopic (exact) mass is 262 g/mol. The predicted octanol–water partition coefficient (Wildman–Crippen LogP) is 2.30. The van der Waals surface area contributed by atoms with E-state index in [2.05, 4.69) is 13.8 Å². The van der Waals surface area contributed by atoms with Crippen molar-refractivity contribution < 1.29 is 9.84 Å². The van der Waals surface area contributed by atoms with E-state index < -0.39 is 11.8 Å². The molecule has 1 atom stereocenters. The molecule has 0 amide bonds. The summed E-state index contributed by atoms with van der Waals surface area (Å²) in [4.78, 5) is 0. The highest BCUT2D eigenvalue weighted by Crippen LogP contribution is 2.27. The lowest BCUT2D eigenvalue weighted by atomic mass is 10.00. The summed E-state index contributed by atoms with van der Waals surface area (Å²) in [7, 11) is 0. The number of para-hydroxylation sites is 2. The first-order valence-corrected chi connectivity index (χ1v) is 6.39. The summed E-state index contributed by atoms with van der Waals surface area (Å²) in [5, 5.41) is 9.56. The number of phenols is 1. The summed E-state index contributed by atoms with van der Waals surface area (Å²) in [5.41, 5.74) is 10.6. The van der Waals surface area contributed by atoms with Gasteiger partial charge in [-0.05, 0) is 24.3 Å². The van der Waals surface area contributed by atoms with Crippen molar-refractivity contribution >= 4 is 0 Å². The SMILES string of the molecule is CCC.NC1(N)C=CC=CC1Oc1ccccc1O. The molecular weight excluding hydrogens is 240 g/mol. The van der Waals surface area contributed by atoms with E-state index in [-0.39, 0.29) is 5.75 Å². The normalized spacial score (nSPS) is 19.5. The van der Waals surface area contributed by atoms with E-state index in [0.29, 0.717) is 5.75 Å². The Labute approximate surface area is 114 Å². The third kappa shape index (κ3) is 4.43. The van der Waals surface area contributed by atoms with Crippen LogP contribution in [0.4, 0.5) is 0 Å². The van der Waals surface area contributed by atoms with Crippen LogP contribution in [0.2, 0.25) is 0 Å². The second-order valence-electron chi connectivity index (χ2n) is 4.46. The number of rotatable bonds is 2. The lowest BCUT2D eigenvalue weighted by Gasteiger charge is -2.31. The van der Waals surface area contributed by atoms with Gasteiger partial charge in [0.05, 0.1) is 0 Å². The molecule has 0 aromatic heterocycles. The average Bonchev–Trinajstić information content (AvgIpc) is 2.35. The first-order chi connectivity index (χ1) is 9.01. The number of phenolic OH excluding ortho intramolecular Hbond substituents is 1.